The summed E-state index contributed by atoms with van der Waals surface area (Å²) in [4.78, 5) is 11.8. The van der Waals surface area contributed by atoms with Gasteiger partial charge in [-0.2, -0.15) is 8.42 Å². The van der Waals surface area contributed by atoms with E-state index in [0.717, 1.165) is 12.8 Å². The van der Waals surface area contributed by atoms with Crippen molar-refractivity contribution in [1.29, 1.82) is 0 Å². The van der Waals surface area contributed by atoms with Crippen molar-refractivity contribution in [2.45, 2.75) is 36.9 Å². The van der Waals surface area contributed by atoms with Gasteiger partial charge in [0.1, 0.15) is 5.78 Å². The van der Waals surface area contributed by atoms with Crippen LogP contribution >= 0.6 is 0 Å². The Hall–Kier alpha value is -0.420. The molecule has 4 saturated carbocycles. The van der Waals surface area contributed by atoms with Crippen LogP contribution in [0.4, 0.5) is 0 Å². The predicted molar refractivity (Wildman–Crippen MR) is 52.8 cm³/mol. The fourth-order valence-electron chi connectivity index (χ4n) is 3.99. The van der Waals surface area contributed by atoms with Gasteiger partial charge in [-0.05, 0) is 38.0 Å². The highest BCUT2D eigenvalue weighted by Gasteiger charge is 2.60. The van der Waals surface area contributed by atoms with Gasteiger partial charge in [0, 0.05) is 11.8 Å². The molecular formula is C10H14O4S. The van der Waals surface area contributed by atoms with Gasteiger partial charge >= 0.3 is 0 Å². The summed E-state index contributed by atoms with van der Waals surface area (Å²) in [5, 5.41) is 0. The fourth-order valence-corrected chi connectivity index (χ4v) is 5.26. The monoisotopic (exact) mass is 230 g/mol. The quantitative estimate of drug-likeness (QED) is 0.683. The van der Waals surface area contributed by atoms with E-state index < -0.39 is 14.9 Å². The number of hydrogen-bond donors (Lipinski definition) is 1. The van der Waals surface area contributed by atoms with Crippen molar-refractivity contribution in [2.24, 2.45) is 17.8 Å². The van der Waals surface area contributed by atoms with Crippen LogP contribution in [0.3, 0.4) is 0 Å². The molecule has 3 unspecified atom stereocenters. The van der Waals surface area contributed by atoms with Crippen LogP contribution < -0.4 is 0 Å². The van der Waals surface area contributed by atoms with E-state index in [-0.39, 0.29) is 17.6 Å². The smallest absolute Gasteiger partial charge is 0.270 e. The van der Waals surface area contributed by atoms with E-state index in [1.807, 2.05) is 0 Å². The predicted octanol–water partition coefficient (Wildman–Crippen LogP) is 1.02. The van der Waals surface area contributed by atoms with Crippen LogP contribution in [0.2, 0.25) is 0 Å². The van der Waals surface area contributed by atoms with E-state index in [9.17, 15) is 17.8 Å². The topological polar surface area (TPSA) is 71.4 Å². The molecule has 4 atom stereocenters. The van der Waals surface area contributed by atoms with Crippen molar-refractivity contribution in [1.82, 2.24) is 0 Å². The van der Waals surface area contributed by atoms with Gasteiger partial charge in [-0.3, -0.25) is 9.35 Å². The second-order valence-electron chi connectivity index (χ2n) is 5.40. The van der Waals surface area contributed by atoms with E-state index >= 15 is 0 Å². The third kappa shape index (κ3) is 1.16. The molecule has 0 aromatic rings. The zero-order chi connectivity index (χ0) is 10.8. The van der Waals surface area contributed by atoms with Crippen molar-refractivity contribution >= 4 is 15.9 Å². The van der Waals surface area contributed by atoms with Crippen molar-refractivity contribution in [3.05, 3.63) is 0 Å². The Morgan fingerprint density at radius 2 is 1.67 bits per heavy atom. The Kier molecular flexibility index (Phi) is 1.72. The Bertz CT molecular complexity index is 407. The van der Waals surface area contributed by atoms with Gasteiger partial charge in [-0.25, -0.2) is 0 Å². The first-order chi connectivity index (χ1) is 6.91. The number of rotatable bonds is 1. The summed E-state index contributed by atoms with van der Waals surface area (Å²) in [5.41, 5.74) is 0. The normalized spacial score (nSPS) is 48.6. The minimum Gasteiger partial charge on any atom is -0.299 e. The molecule has 4 bridgehead atoms. The van der Waals surface area contributed by atoms with E-state index in [2.05, 4.69) is 0 Å². The molecule has 0 heterocycles. The summed E-state index contributed by atoms with van der Waals surface area (Å²) in [6.45, 7) is 0. The van der Waals surface area contributed by atoms with Crippen molar-refractivity contribution in [3.8, 4) is 0 Å². The van der Waals surface area contributed by atoms with E-state index in [1.165, 1.54) is 0 Å². The molecule has 0 radical (unpaired) electrons. The summed E-state index contributed by atoms with van der Waals surface area (Å²) < 4.78 is 31.2. The van der Waals surface area contributed by atoms with Gasteiger partial charge in [-0.1, -0.05) is 0 Å². The molecule has 0 aromatic heterocycles. The van der Waals surface area contributed by atoms with Gasteiger partial charge in [0.25, 0.3) is 10.1 Å². The molecule has 1 N–H and O–H groups in total. The molecule has 0 amide bonds. The van der Waals surface area contributed by atoms with Crippen LogP contribution in [0.5, 0.6) is 0 Å². The lowest BCUT2D eigenvalue weighted by atomic mass is 9.55. The Labute approximate surface area is 88.8 Å². The Morgan fingerprint density at radius 3 is 2.13 bits per heavy atom. The molecule has 4 fully saturated rings. The molecule has 4 rings (SSSR count). The maximum absolute atomic E-state index is 11.8. The number of carbonyl (C=O) groups excluding carboxylic acids is 1. The highest BCUT2D eigenvalue weighted by Crippen LogP contribution is 2.56. The maximum atomic E-state index is 11.8. The standard InChI is InChI=1S/C10H14O4S/c11-9-7-1-6-2-8(9)5-10(3-6,4-7)15(12,13)14/h6-8H,1-5H2,(H,12,13,14)/t6?,7-,8?,10?/m1/s1. The zero-order valence-corrected chi connectivity index (χ0v) is 9.16. The SMILES string of the molecule is O=C1C2CC3C[C@@H]1CC(S(=O)(=O)O)(C3)C2. The lowest BCUT2D eigenvalue weighted by molar-refractivity contribution is -0.138. The molecule has 15 heavy (non-hydrogen) atoms. The second-order valence-corrected chi connectivity index (χ2v) is 7.22. The van der Waals surface area contributed by atoms with E-state index in [1.54, 1.807) is 0 Å². The number of Topliss-reactive ketones (excluding diaryl/α,β-unsaturated/α-hetero) is 1. The van der Waals surface area contributed by atoms with Crippen LogP contribution in [0.25, 0.3) is 0 Å². The van der Waals surface area contributed by atoms with Gasteiger partial charge in [-0.15, -0.1) is 0 Å². The molecule has 0 aromatic carbocycles. The molecule has 0 saturated heterocycles. The summed E-state index contributed by atoms with van der Waals surface area (Å²) in [5.74, 6) is 0.378. The first-order valence-electron chi connectivity index (χ1n) is 5.42. The highest BCUT2D eigenvalue weighted by atomic mass is 32.2. The van der Waals surface area contributed by atoms with Crippen LogP contribution in [0.1, 0.15) is 32.1 Å². The summed E-state index contributed by atoms with van der Waals surface area (Å²) >= 11 is 0. The van der Waals surface area contributed by atoms with Crippen LogP contribution in [-0.4, -0.2) is 23.5 Å². The number of ketones is 1. The Balaban J connectivity index is 2.06. The van der Waals surface area contributed by atoms with Gasteiger partial charge in [0.05, 0.1) is 4.75 Å². The number of carbonyl (C=O) groups is 1. The third-order valence-electron chi connectivity index (χ3n) is 4.49. The molecule has 4 nitrogen and oxygen atoms in total. The molecule has 4 aliphatic carbocycles. The van der Waals surface area contributed by atoms with Gasteiger partial charge in [0.15, 0.2) is 0 Å². The van der Waals surface area contributed by atoms with Crippen LogP contribution in [-0.2, 0) is 14.9 Å². The average molecular weight is 230 g/mol. The molecule has 0 spiro atoms. The summed E-state index contributed by atoms with van der Waals surface area (Å²) in [6.07, 6.45) is 2.96. The first kappa shape index (κ1) is 9.78. The minimum absolute atomic E-state index is 0.0989. The largest absolute Gasteiger partial charge is 0.299 e. The van der Waals surface area contributed by atoms with Gasteiger partial charge in [0.2, 0.25) is 0 Å². The lowest BCUT2D eigenvalue weighted by Crippen LogP contribution is -2.58. The van der Waals surface area contributed by atoms with Gasteiger partial charge < -0.3 is 0 Å². The molecule has 5 heteroatoms. The molecule has 0 aliphatic heterocycles. The fraction of sp³-hybridized carbons (Fsp3) is 0.900. The van der Waals surface area contributed by atoms with E-state index in [4.69, 9.17) is 0 Å². The lowest BCUT2D eigenvalue weighted by Gasteiger charge is -2.53. The zero-order valence-electron chi connectivity index (χ0n) is 8.35. The molecule has 4 aliphatic rings. The van der Waals surface area contributed by atoms with Crippen molar-refractivity contribution in [3.63, 3.8) is 0 Å². The second kappa shape index (κ2) is 2.63. The maximum Gasteiger partial charge on any atom is 0.270 e. The van der Waals surface area contributed by atoms with Crippen molar-refractivity contribution in [2.75, 3.05) is 0 Å². The van der Waals surface area contributed by atoms with Crippen LogP contribution in [0.15, 0.2) is 0 Å². The third-order valence-corrected chi connectivity index (χ3v) is 6.08. The molecule has 84 valence electrons. The summed E-state index contributed by atoms with van der Waals surface area (Å²) in [7, 11) is -4.00. The van der Waals surface area contributed by atoms with Crippen LogP contribution in [0, 0.1) is 17.8 Å². The Morgan fingerprint density at radius 1 is 1.13 bits per heavy atom. The first-order valence-corrected chi connectivity index (χ1v) is 6.86. The van der Waals surface area contributed by atoms with Crippen molar-refractivity contribution < 1.29 is 17.8 Å². The minimum atomic E-state index is -4.00. The number of hydrogen-bond acceptors (Lipinski definition) is 3. The summed E-state index contributed by atoms with van der Waals surface area (Å²) in [6, 6.07) is 0. The average Bonchev–Trinajstić information content (AvgIpc) is 2.10. The molecular weight excluding hydrogens is 216 g/mol. The van der Waals surface area contributed by atoms with E-state index in [0.29, 0.717) is 25.2 Å². The highest BCUT2D eigenvalue weighted by molar-refractivity contribution is 7.87.